The Bertz CT molecular complexity index is 2150. The summed E-state index contributed by atoms with van der Waals surface area (Å²) in [5.74, 6) is -0.355. The molecule has 10 heteroatoms. The van der Waals surface area contributed by atoms with E-state index in [1.54, 1.807) is 0 Å². The van der Waals surface area contributed by atoms with E-state index in [0.717, 1.165) is 82.7 Å². The van der Waals surface area contributed by atoms with Gasteiger partial charge in [0.25, 0.3) is 0 Å². The van der Waals surface area contributed by atoms with Crippen molar-refractivity contribution < 1.29 is 24.2 Å². The summed E-state index contributed by atoms with van der Waals surface area (Å²) in [5, 5.41) is 23.9. The average molecular weight is 829 g/mol. The molecule has 322 valence electrons. The van der Waals surface area contributed by atoms with Crippen LogP contribution in [0.1, 0.15) is 153 Å². The first-order valence-corrected chi connectivity index (χ1v) is 22.4. The van der Waals surface area contributed by atoms with Crippen LogP contribution in [-0.4, -0.2) is 59.9 Å². The zero-order chi connectivity index (χ0) is 42.7. The maximum Gasteiger partial charge on any atom is 2.00 e. The second kappa shape index (κ2) is 20.6. The van der Waals surface area contributed by atoms with Crippen molar-refractivity contribution in [2.45, 2.75) is 146 Å². The number of carbonyl (C=O) groups is 2. The maximum atomic E-state index is 13.6. The molecule has 8 bridgehead atoms. The molecule has 60 heavy (non-hydrogen) atoms. The summed E-state index contributed by atoms with van der Waals surface area (Å²) < 4.78 is 11.1. The molecule has 1 aliphatic carbocycles. The molecule has 1 fully saturated rings. The molecule has 1 unspecified atom stereocenters. The minimum atomic E-state index is -1.14. The molecule has 4 aliphatic rings. The quantitative estimate of drug-likeness (QED) is 0.102. The van der Waals surface area contributed by atoms with Gasteiger partial charge in [-0.1, -0.05) is 125 Å². The van der Waals surface area contributed by atoms with Crippen molar-refractivity contribution >= 4 is 52.7 Å². The molecule has 0 saturated carbocycles. The van der Waals surface area contributed by atoms with Gasteiger partial charge in [0.05, 0.1) is 13.2 Å². The Balaban J connectivity index is 0.00000683. The van der Waals surface area contributed by atoms with Gasteiger partial charge in [0.2, 0.25) is 0 Å². The zero-order valence-corrected chi connectivity index (χ0v) is 39.7. The van der Waals surface area contributed by atoms with Crippen LogP contribution in [0.25, 0.3) is 28.4 Å². The number of aliphatic hydroxyl groups excluding tert-OH is 1. The topological polar surface area (TPSA) is 129 Å². The van der Waals surface area contributed by atoms with E-state index in [-0.39, 0.29) is 59.8 Å². The van der Waals surface area contributed by atoms with Crippen LogP contribution in [0.4, 0.5) is 0 Å². The SMILES string of the molecule is CCc1c2[n-]c(c1C)/C=C1\[N-]C(=C(C)[C@@H]1CC)/C=C1\[N-]C(C3=c4[n-]/c(c(C)c4[C@H](O)[C@@H]3C(=O)OC)=C\2)[C@@H](CCC(=O)OC/C=C(\C)CCC[C@@H](C)CCCC(C)C)[C@@H]1C.[Mg+2]. The number of ether oxygens (including phenoxy) is 2. The van der Waals surface area contributed by atoms with E-state index in [2.05, 4.69) is 74.5 Å². The van der Waals surface area contributed by atoms with E-state index in [4.69, 9.17) is 30.1 Å². The Hall–Kier alpha value is -3.47. The van der Waals surface area contributed by atoms with Gasteiger partial charge in [0.15, 0.2) is 0 Å². The fraction of sp³-hybridized carbons (Fsp3) is 0.600. The second-order valence-electron chi connectivity index (χ2n) is 18.2. The number of aliphatic hydroxyl groups is 1. The largest absolute Gasteiger partial charge is 2.00 e. The summed E-state index contributed by atoms with van der Waals surface area (Å²) in [6.45, 7) is 22.0. The molecule has 2 aromatic rings. The number of esters is 2. The number of hydrogen-bond acceptors (Lipinski definition) is 5. The van der Waals surface area contributed by atoms with E-state index >= 15 is 0 Å². The van der Waals surface area contributed by atoms with Gasteiger partial charge in [-0.25, -0.2) is 0 Å². The molecular weight excluding hydrogens is 761 g/mol. The molecule has 0 spiro atoms. The van der Waals surface area contributed by atoms with Gasteiger partial charge in [-0.2, -0.15) is 11.4 Å². The molecule has 2 aromatic heterocycles. The molecule has 0 amide bonds. The molecular formula is C50H68MgN4O5-2. The summed E-state index contributed by atoms with van der Waals surface area (Å²) in [4.78, 5) is 37.3. The minimum absolute atomic E-state index is 0. The molecule has 0 radical (unpaired) electrons. The summed E-state index contributed by atoms with van der Waals surface area (Å²) in [6.07, 6.45) is 16.8. The van der Waals surface area contributed by atoms with Crippen LogP contribution in [0.3, 0.4) is 0 Å². The Morgan fingerprint density at radius 1 is 0.933 bits per heavy atom. The van der Waals surface area contributed by atoms with Crippen molar-refractivity contribution in [3.8, 4) is 0 Å². The van der Waals surface area contributed by atoms with E-state index in [1.165, 1.54) is 43.9 Å². The molecule has 9 nitrogen and oxygen atoms in total. The third-order valence-electron chi connectivity index (χ3n) is 13.7. The van der Waals surface area contributed by atoms with Crippen molar-refractivity contribution in [3.05, 3.63) is 95.4 Å². The summed E-state index contributed by atoms with van der Waals surface area (Å²) in [7, 11) is 1.35. The smallest absolute Gasteiger partial charge is 0.681 e. The number of nitrogens with zero attached hydrogens (tertiary/aromatic N) is 4. The molecule has 3 aliphatic heterocycles. The molecule has 5 heterocycles. The Morgan fingerprint density at radius 3 is 2.35 bits per heavy atom. The first-order chi connectivity index (χ1) is 28.2. The summed E-state index contributed by atoms with van der Waals surface area (Å²) in [6, 6.07) is -0.523. The fourth-order valence-electron chi connectivity index (χ4n) is 9.96. The van der Waals surface area contributed by atoms with E-state index in [1.807, 2.05) is 19.1 Å². The van der Waals surface area contributed by atoms with E-state index < -0.39 is 24.0 Å². The second-order valence-corrected chi connectivity index (χ2v) is 18.2. The van der Waals surface area contributed by atoms with E-state index in [0.29, 0.717) is 28.3 Å². The van der Waals surface area contributed by atoms with Crippen LogP contribution in [0.5, 0.6) is 0 Å². The molecule has 0 aromatic carbocycles. The van der Waals surface area contributed by atoms with Gasteiger partial charge in [-0.15, -0.1) is 27.8 Å². The predicted molar refractivity (Wildman–Crippen MR) is 242 cm³/mol. The van der Waals surface area contributed by atoms with Crippen LogP contribution in [0, 0.1) is 49.4 Å². The fourth-order valence-corrected chi connectivity index (χ4v) is 9.96. The van der Waals surface area contributed by atoms with E-state index in [9.17, 15) is 14.7 Å². The predicted octanol–water partition coefficient (Wildman–Crippen LogP) is 9.05. The summed E-state index contributed by atoms with van der Waals surface area (Å²) in [5.41, 5.74) is 11.3. The average Bonchev–Trinajstić information content (AvgIpc) is 3.94. The van der Waals surface area contributed by atoms with Gasteiger partial charge in [-0.3, -0.25) is 9.59 Å². The zero-order valence-electron chi connectivity index (χ0n) is 38.3. The molecule has 6 rings (SSSR count). The number of rotatable bonds is 16. The molecule has 1 saturated heterocycles. The van der Waals surface area contributed by atoms with Gasteiger partial charge in [0.1, 0.15) is 12.5 Å². The Morgan fingerprint density at radius 2 is 1.67 bits per heavy atom. The third-order valence-corrected chi connectivity index (χ3v) is 13.7. The minimum Gasteiger partial charge on any atom is -0.681 e. The number of carbonyl (C=O) groups excluding carboxylic acids is 2. The Kier molecular flexibility index (Phi) is 16.3. The van der Waals surface area contributed by atoms with Crippen LogP contribution >= 0.6 is 0 Å². The van der Waals surface area contributed by atoms with Gasteiger partial charge in [0, 0.05) is 6.42 Å². The standard InChI is InChI=1S/C50H68N4O5.Mg/c1-12-34-30(7)37-24-39-32(9)36(20-21-43(55)59-23-22-29(6)19-15-18-28(5)17-14-16-27(3)4)47(53-39)45-46(50(57)58-11)49(56)44-33(10)40(54-48(44)45)26-42-35(13-2)31(8)38(52-42)25-41(34)51-37;/h22,24-28,32,34,36,46-47,49,56H,12-21,23H2,1-11H3;/q-4;+2/b29-22+,39-24-,40-26-,41-25-;/t28-,32-,34-,36-,46+,47?,49-;/m0./s1. The van der Waals surface area contributed by atoms with Crippen molar-refractivity contribution in [2.24, 2.45) is 35.5 Å². The van der Waals surface area contributed by atoms with Crippen LogP contribution in [0.15, 0.2) is 40.4 Å². The van der Waals surface area contributed by atoms with Crippen LogP contribution in [0.2, 0.25) is 0 Å². The van der Waals surface area contributed by atoms with Gasteiger partial charge in [-0.05, 0) is 101 Å². The van der Waals surface area contributed by atoms with Crippen molar-refractivity contribution in [2.75, 3.05) is 13.7 Å². The summed E-state index contributed by atoms with van der Waals surface area (Å²) >= 11 is 0. The number of hydrogen-bond donors (Lipinski definition) is 1. The van der Waals surface area contributed by atoms with Crippen molar-refractivity contribution in [1.82, 2.24) is 9.97 Å². The van der Waals surface area contributed by atoms with Crippen molar-refractivity contribution in [3.63, 3.8) is 0 Å². The molecule has 7 atom stereocenters. The maximum absolute atomic E-state index is 13.6. The number of methoxy groups -OCH3 is 1. The third kappa shape index (κ3) is 9.91. The monoisotopic (exact) mass is 829 g/mol. The van der Waals surface area contributed by atoms with Crippen LogP contribution < -0.4 is 20.7 Å². The first-order valence-electron chi connectivity index (χ1n) is 22.4. The first kappa shape index (κ1) is 47.6. The normalized spacial score (nSPS) is 26.1. The van der Waals surface area contributed by atoms with Gasteiger partial charge < -0.3 is 35.2 Å². The number of allylic oxidation sites excluding steroid dienone is 4. The molecule has 1 N–H and O–H groups in total. The number of fused-ring (bicyclic) bond motifs is 8. The van der Waals surface area contributed by atoms with Crippen LogP contribution in [-0.2, 0) is 25.5 Å². The Labute approximate surface area is 375 Å². The number of aromatic nitrogens is 2. The van der Waals surface area contributed by atoms with Crippen molar-refractivity contribution in [1.29, 1.82) is 0 Å². The van der Waals surface area contributed by atoms with Gasteiger partial charge >= 0.3 is 35.0 Å².